The van der Waals surface area contributed by atoms with Crippen LogP contribution in [0.3, 0.4) is 0 Å². The van der Waals surface area contributed by atoms with E-state index in [1.54, 1.807) is 24.3 Å². The number of hydrogen-bond donors (Lipinski definition) is 2. The predicted octanol–water partition coefficient (Wildman–Crippen LogP) is 8.65. The number of benzene rings is 4. The van der Waals surface area contributed by atoms with Crippen molar-refractivity contribution in [2.75, 3.05) is 24.1 Å². The van der Waals surface area contributed by atoms with E-state index in [-0.39, 0.29) is 23.6 Å². The Kier molecular flexibility index (Phi) is 11.3. The van der Waals surface area contributed by atoms with Gasteiger partial charge in [0.2, 0.25) is 11.8 Å². The quantitative estimate of drug-likeness (QED) is 0.188. The first-order chi connectivity index (χ1) is 25.0. The number of alkyl halides is 3. The minimum Gasteiger partial charge on any atom is -0.399 e. The fourth-order valence-electron chi connectivity index (χ4n) is 6.97. The fourth-order valence-corrected chi connectivity index (χ4v) is 6.97. The Labute approximate surface area is 303 Å². The van der Waals surface area contributed by atoms with Crippen molar-refractivity contribution in [3.63, 3.8) is 0 Å². The lowest BCUT2D eigenvalue weighted by Crippen LogP contribution is -2.41. The van der Waals surface area contributed by atoms with Crippen molar-refractivity contribution in [1.29, 1.82) is 0 Å². The van der Waals surface area contributed by atoms with Gasteiger partial charge in [-0.3, -0.25) is 14.4 Å². The molecule has 0 bridgehead atoms. The predicted molar refractivity (Wildman–Crippen MR) is 197 cm³/mol. The van der Waals surface area contributed by atoms with Gasteiger partial charge in [-0.2, -0.15) is 13.2 Å². The lowest BCUT2D eigenvalue weighted by Gasteiger charge is -2.35. The Morgan fingerprint density at radius 2 is 1.46 bits per heavy atom. The second-order valence-electron chi connectivity index (χ2n) is 13.9. The van der Waals surface area contributed by atoms with Crippen molar-refractivity contribution in [1.82, 2.24) is 9.80 Å². The second kappa shape index (κ2) is 16.0. The summed E-state index contributed by atoms with van der Waals surface area (Å²) in [5.41, 5.74) is 12.7. The fraction of sp³-hybridized carbons (Fsp3) is 0.357. The van der Waals surface area contributed by atoms with Crippen molar-refractivity contribution >= 4 is 29.1 Å². The number of nitrogen functional groups attached to an aromatic ring is 1. The lowest BCUT2D eigenvalue weighted by atomic mass is 9.83. The number of amides is 3. The standard InChI is InChI=1S/C28H25F3N2O2.C14H20N2O/c29-28(30,31)22-11-8-18(9-12-22)24-6-1-2-7-25(24)26(34)32-23-13-10-21-17-33(15-14-20(21)16-23)27(35)19-4-3-5-19;1-2-3-4-14(17)16-8-7-11-9-13(15)6-5-12(11)10-16/h1-2,6-13,16,19H,3-5,14-15,17H2,(H,32,34);5-6,9H,2-4,7-8,10,15H2,1H3. The molecular formula is C42H45F3N4O3. The molecule has 0 unspecified atom stereocenters. The molecule has 1 aliphatic carbocycles. The largest absolute Gasteiger partial charge is 0.416 e. The van der Waals surface area contributed by atoms with Crippen molar-refractivity contribution in [3.8, 4) is 11.1 Å². The third kappa shape index (κ3) is 8.66. The van der Waals surface area contributed by atoms with E-state index in [0.29, 0.717) is 41.9 Å². The molecule has 10 heteroatoms. The van der Waals surface area contributed by atoms with Gasteiger partial charge >= 0.3 is 6.18 Å². The summed E-state index contributed by atoms with van der Waals surface area (Å²) in [6, 6.07) is 23.4. The summed E-state index contributed by atoms with van der Waals surface area (Å²) in [5, 5.41) is 2.93. The summed E-state index contributed by atoms with van der Waals surface area (Å²) in [5.74, 6) is 0.381. The number of rotatable bonds is 7. The van der Waals surface area contributed by atoms with Crippen LogP contribution >= 0.6 is 0 Å². The average Bonchev–Trinajstić information content (AvgIpc) is 3.12. The molecular weight excluding hydrogens is 665 g/mol. The number of carbonyl (C=O) groups is 3. The molecule has 3 amide bonds. The molecule has 52 heavy (non-hydrogen) atoms. The molecule has 0 aromatic heterocycles. The van der Waals surface area contributed by atoms with Crippen molar-refractivity contribution < 1.29 is 27.6 Å². The maximum Gasteiger partial charge on any atom is 0.416 e. The maximum atomic E-state index is 13.1. The number of unbranched alkanes of at least 4 members (excludes halogenated alkanes) is 1. The third-order valence-electron chi connectivity index (χ3n) is 10.3. The number of nitrogens with zero attached hydrogens (tertiary/aromatic N) is 2. The first kappa shape index (κ1) is 36.7. The van der Waals surface area contributed by atoms with Gasteiger partial charge in [-0.05, 0) is 108 Å². The highest BCUT2D eigenvalue weighted by atomic mass is 19.4. The highest BCUT2D eigenvalue weighted by molar-refractivity contribution is 6.08. The van der Waals surface area contributed by atoms with Crippen LogP contribution in [0.4, 0.5) is 24.5 Å². The molecule has 2 heterocycles. The maximum absolute atomic E-state index is 13.1. The number of nitrogens with two attached hydrogens (primary N) is 1. The van der Waals surface area contributed by atoms with E-state index in [1.165, 1.54) is 23.3 Å². The van der Waals surface area contributed by atoms with Crippen LogP contribution in [-0.2, 0) is 41.7 Å². The number of nitrogens with one attached hydrogen (secondary N) is 1. The molecule has 1 saturated carbocycles. The van der Waals surface area contributed by atoms with Gasteiger partial charge in [0.1, 0.15) is 0 Å². The highest BCUT2D eigenvalue weighted by Gasteiger charge is 2.32. The van der Waals surface area contributed by atoms with Gasteiger partial charge in [0.25, 0.3) is 5.91 Å². The Morgan fingerprint density at radius 3 is 2.13 bits per heavy atom. The monoisotopic (exact) mass is 710 g/mol. The number of fused-ring (bicyclic) bond motifs is 2. The SMILES string of the molecule is CCCCC(=O)N1CCc2cc(N)ccc2C1.O=C(Nc1ccc2c(c1)CCN(C(=O)C1CCC1)C2)c1ccccc1-c1ccc(C(F)(F)F)cc1. The van der Waals surface area contributed by atoms with E-state index in [0.717, 1.165) is 87.0 Å². The molecule has 1 fully saturated rings. The number of anilines is 2. The van der Waals surface area contributed by atoms with Gasteiger partial charge in [0.05, 0.1) is 5.56 Å². The van der Waals surface area contributed by atoms with Crippen LogP contribution in [0.15, 0.2) is 84.9 Å². The second-order valence-corrected chi connectivity index (χ2v) is 13.9. The smallest absolute Gasteiger partial charge is 0.399 e. The van der Waals surface area contributed by atoms with E-state index in [1.807, 2.05) is 46.2 Å². The molecule has 3 aliphatic rings. The Morgan fingerprint density at radius 1 is 0.808 bits per heavy atom. The molecule has 7 rings (SSSR count). The van der Waals surface area contributed by atoms with Crippen LogP contribution in [-0.4, -0.2) is 40.6 Å². The summed E-state index contributed by atoms with van der Waals surface area (Å²) in [7, 11) is 0. The highest BCUT2D eigenvalue weighted by Crippen LogP contribution is 2.33. The van der Waals surface area contributed by atoms with Gasteiger partial charge in [-0.25, -0.2) is 0 Å². The van der Waals surface area contributed by atoms with E-state index in [9.17, 15) is 27.6 Å². The van der Waals surface area contributed by atoms with Gasteiger partial charge in [-0.1, -0.05) is 62.2 Å². The van der Waals surface area contributed by atoms with E-state index in [4.69, 9.17) is 5.73 Å². The van der Waals surface area contributed by atoms with Crippen molar-refractivity contribution in [2.24, 2.45) is 5.92 Å². The molecule has 2 aliphatic heterocycles. The van der Waals surface area contributed by atoms with E-state index < -0.39 is 11.7 Å². The molecule has 4 aromatic rings. The molecule has 7 nitrogen and oxygen atoms in total. The van der Waals surface area contributed by atoms with Crippen LogP contribution in [0.5, 0.6) is 0 Å². The van der Waals surface area contributed by atoms with Gasteiger partial charge in [0, 0.05) is 55.5 Å². The van der Waals surface area contributed by atoms with E-state index >= 15 is 0 Å². The Hall–Kier alpha value is -5.12. The van der Waals surface area contributed by atoms with Gasteiger partial charge in [-0.15, -0.1) is 0 Å². The molecule has 3 N–H and O–H groups in total. The normalized spacial score (nSPS) is 15.4. The number of hydrogen-bond acceptors (Lipinski definition) is 4. The van der Waals surface area contributed by atoms with Crippen LogP contribution < -0.4 is 11.1 Å². The zero-order valence-corrected chi connectivity index (χ0v) is 29.5. The van der Waals surface area contributed by atoms with Gasteiger partial charge < -0.3 is 20.9 Å². The first-order valence-electron chi connectivity index (χ1n) is 18.1. The minimum absolute atomic E-state index is 0.180. The zero-order valence-electron chi connectivity index (χ0n) is 29.5. The minimum atomic E-state index is -4.41. The van der Waals surface area contributed by atoms with Crippen LogP contribution in [0.25, 0.3) is 11.1 Å². The topological polar surface area (TPSA) is 95.7 Å². The number of halogens is 3. The van der Waals surface area contributed by atoms with Crippen molar-refractivity contribution in [2.45, 2.75) is 77.6 Å². The third-order valence-corrected chi connectivity index (χ3v) is 10.3. The molecule has 0 saturated heterocycles. The van der Waals surface area contributed by atoms with E-state index in [2.05, 4.69) is 12.2 Å². The molecule has 0 atom stereocenters. The van der Waals surface area contributed by atoms with Crippen LogP contribution in [0.2, 0.25) is 0 Å². The van der Waals surface area contributed by atoms with Gasteiger partial charge in [0.15, 0.2) is 0 Å². The summed E-state index contributed by atoms with van der Waals surface area (Å²) in [6.07, 6.45) is 3.10. The average molecular weight is 711 g/mol. The summed E-state index contributed by atoms with van der Waals surface area (Å²) < 4.78 is 38.8. The first-order valence-corrected chi connectivity index (χ1v) is 18.1. The molecule has 272 valence electrons. The summed E-state index contributed by atoms with van der Waals surface area (Å²) in [4.78, 5) is 41.5. The Bertz CT molecular complexity index is 1920. The summed E-state index contributed by atoms with van der Waals surface area (Å²) in [6.45, 7) is 4.96. The zero-order chi connectivity index (χ0) is 36.8. The lowest BCUT2D eigenvalue weighted by molar-refractivity contribution is -0.139. The van der Waals surface area contributed by atoms with Crippen LogP contribution in [0, 0.1) is 5.92 Å². The number of carbonyl (C=O) groups excluding carboxylic acids is 3. The Balaban J connectivity index is 0.000000229. The van der Waals surface area contributed by atoms with Crippen LogP contribution in [0.1, 0.15) is 83.6 Å². The van der Waals surface area contributed by atoms with Crippen molar-refractivity contribution in [3.05, 3.63) is 118 Å². The molecule has 0 spiro atoms. The molecule has 0 radical (unpaired) electrons. The molecule has 4 aromatic carbocycles. The summed E-state index contributed by atoms with van der Waals surface area (Å²) >= 11 is 0.